The summed E-state index contributed by atoms with van der Waals surface area (Å²) in [6.07, 6.45) is -3.78. The first-order valence-electron chi connectivity index (χ1n) is 7.63. The van der Waals surface area contributed by atoms with E-state index in [2.05, 4.69) is 15.7 Å². The van der Waals surface area contributed by atoms with Gasteiger partial charge in [0.2, 0.25) is 0 Å². The van der Waals surface area contributed by atoms with E-state index < -0.39 is 23.3 Å². The summed E-state index contributed by atoms with van der Waals surface area (Å²) in [5.74, 6) is -0.817. The molecule has 25 heavy (non-hydrogen) atoms. The molecule has 0 saturated heterocycles. The van der Waals surface area contributed by atoms with E-state index in [1.54, 1.807) is 25.3 Å². The van der Waals surface area contributed by atoms with E-state index in [-0.39, 0.29) is 12.2 Å². The Kier molecular flexibility index (Phi) is 6.54. The van der Waals surface area contributed by atoms with Crippen molar-refractivity contribution in [1.29, 1.82) is 0 Å². The van der Waals surface area contributed by atoms with Crippen molar-refractivity contribution >= 4 is 5.91 Å². The first kappa shape index (κ1) is 18.9. The maximum absolute atomic E-state index is 13.4. The Bertz CT molecular complexity index is 686. The average Bonchev–Trinajstić information content (AvgIpc) is 3.04. The number of carbonyl (C=O) groups is 1. The fourth-order valence-corrected chi connectivity index (χ4v) is 2.21. The van der Waals surface area contributed by atoms with Gasteiger partial charge in [0.05, 0.1) is 24.1 Å². The zero-order chi connectivity index (χ0) is 18.3. The Morgan fingerprint density at radius 1 is 1.20 bits per heavy atom. The molecule has 0 saturated carbocycles. The second-order valence-corrected chi connectivity index (χ2v) is 5.15. The molecule has 2 rings (SSSR count). The van der Waals surface area contributed by atoms with Crippen molar-refractivity contribution in [1.82, 2.24) is 20.4 Å². The fraction of sp³-hybridized carbons (Fsp3) is 0.375. The summed E-state index contributed by atoms with van der Waals surface area (Å²) in [5.41, 5.74) is -1.37. The van der Waals surface area contributed by atoms with Gasteiger partial charge in [0.1, 0.15) is 0 Å². The SMILES string of the molecule is COCCNCCNC(=O)c1cnn(-c2ccccc2)c1C(F)(F)F. The molecule has 1 heterocycles. The van der Waals surface area contributed by atoms with Crippen LogP contribution in [0.2, 0.25) is 0 Å². The Hall–Kier alpha value is -2.39. The Morgan fingerprint density at radius 3 is 2.56 bits per heavy atom. The minimum atomic E-state index is -4.71. The highest BCUT2D eigenvalue weighted by Crippen LogP contribution is 2.33. The molecule has 6 nitrogen and oxygen atoms in total. The number of hydrogen-bond acceptors (Lipinski definition) is 4. The molecule has 0 bridgehead atoms. The summed E-state index contributed by atoms with van der Waals surface area (Å²) < 4.78 is 45.9. The number of benzene rings is 1. The Morgan fingerprint density at radius 2 is 1.92 bits per heavy atom. The van der Waals surface area contributed by atoms with Gasteiger partial charge >= 0.3 is 6.18 Å². The molecule has 0 unspecified atom stereocenters. The summed E-state index contributed by atoms with van der Waals surface area (Å²) in [6, 6.07) is 7.86. The van der Waals surface area contributed by atoms with Crippen LogP contribution < -0.4 is 10.6 Å². The van der Waals surface area contributed by atoms with E-state index in [9.17, 15) is 18.0 Å². The summed E-state index contributed by atoms with van der Waals surface area (Å²) in [4.78, 5) is 12.1. The van der Waals surface area contributed by atoms with Gasteiger partial charge in [0, 0.05) is 26.7 Å². The summed E-state index contributed by atoms with van der Waals surface area (Å²) in [5, 5.41) is 9.19. The van der Waals surface area contributed by atoms with Gasteiger partial charge in [0.15, 0.2) is 5.69 Å². The lowest BCUT2D eigenvalue weighted by atomic mass is 10.2. The third kappa shape index (κ3) is 5.04. The van der Waals surface area contributed by atoms with Gasteiger partial charge in [-0.2, -0.15) is 18.3 Å². The minimum absolute atomic E-state index is 0.191. The molecule has 1 aromatic carbocycles. The molecule has 0 aliphatic rings. The molecule has 1 aromatic heterocycles. The number of ether oxygens (including phenoxy) is 1. The molecule has 2 aromatic rings. The number of alkyl halides is 3. The van der Waals surface area contributed by atoms with E-state index in [1.807, 2.05) is 0 Å². The highest BCUT2D eigenvalue weighted by Gasteiger charge is 2.40. The van der Waals surface area contributed by atoms with Crippen LogP contribution in [0.25, 0.3) is 5.69 Å². The van der Waals surface area contributed by atoms with Crippen LogP contribution in [0.1, 0.15) is 16.1 Å². The third-order valence-electron chi connectivity index (χ3n) is 3.35. The van der Waals surface area contributed by atoms with Crippen LogP contribution in [0.5, 0.6) is 0 Å². The lowest BCUT2D eigenvalue weighted by Gasteiger charge is -2.13. The van der Waals surface area contributed by atoms with Gasteiger partial charge in [-0.05, 0) is 12.1 Å². The zero-order valence-corrected chi connectivity index (χ0v) is 13.6. The standard InChI is InChI=1S/C16H19F3N4O2/c1-25-10-9-20-7-8-21-15(24)13-11-22-23(14(13)16(17,18)19)12-5-3-2-4-6-12/h2-6,11,20H,7-10H2,1H3,(H,21,24). The smallest absolute Gasteiger partial charge is 0.383 e. The second kappa shape index (κ2) is 8.63. The molecule has 1 amide bonds. The highest BCUT2D eigenvalue weighted by molar-refractivity contribution is 5.95. The predicted octanol–water partition coefficient (Wildman–Crippen LogP) is 1.86. The van der Waals surface area contributed by atoms with E-state index in [1.165, 1.54) is 12.1 Å². The Labute approximate surface area is 143 Å². The molecule has 2 N–H and O–H groups in total. The molecule has 0 fully saturated rings. The first-order valence-corrected chi connectivity index (χ1v) is 7.63. The minimum Gasteiger partial charge on any atom is -0.383 e. The van der Waals surface area contributed by atoms with Crippen LogP contribution >= 0.6 is 0 Å². The number of aromatic nitrogens is 2. The Balaban J connectivity index is 2.13. The van der Waals surface area contributed by atoms with Crippen molar-refractivity contribution in [2.45, 2.75) is 6.18 Å². The van der Waals surface area contributed by atoms with Gasteiger partial charge < -0.3 is 15.4 Å². The number of halogens is 3. The van der Waals surface area contributed by atoms with Crippen molar-refractivity contribution < 1.29 is 22.7 Å². The average molecular weight is 356 g/mol. The number of nitrogens with zero attached hydrogens (tertiary/aromatic N) is 2. The van der Waals surface area contributed by atoms with Gasteiger partial charge in [-0.1, -0.05) is 18.2 Å². The number of rotatable bonds is 8. The number of nitrogens with one attached hydrogen (secondary N) is 2. The van der Waals surface area contributed by atoms with Crippen molar-refractivity contribution in [3.63, 3.8) is 0 Å². The maximum Gasteiger partial charge on any atom is 0.434 e. The van der Waals surface area contributed by atoms with Crippen LogP contribution in [0.15, 0.2) is 36.5 Å². The predicted molar refractivity (Wildman–Crippen MR) is 85.6 cm³/mol. The normalized spacial score (nSPS) is 11.5. The van der Waals surface area contributed by atoms with Crippen molar-refractivity contribution in [3.8, 4) is 5.69 Å². The zero-order valence-electron chi connectivity index (χ0n) is 13.6. The van der Waals surface area contributed by atoms with Crippen molar-refractivity contribution in [3.05, 3.63) is 47.8 Å². The van der Waals surface area contributed by atoms with Crippen LogP contribution in [-0.2, 0) is 10.9 Å². The van der Waals surface area contributed by atoms with Crippen molar-refractivity contribution in [2.24, 2.45) is 0 Å². The molecule has 136 valence electrons. The molecular formula is C16H19F3N4O2. The van der Waals surface area contributed by atoms with E-state index >= 15 is 0 Å². The summed E-state index contributed by atoms with van der Waals surface area (Å²) in [6.45, 7) is 1.71. The fourth-order valence-electron chi connectivity index (χ4n) is 2.21. The van der Waals surface area contributed by atoms with Crippen LogP contribution in [0.3, 0.4) is 0 Å². The van der Waals surface area contributed by atoms with Crippen LogP contribution in [0.4, 0.5) is 13.2 Å². The quantitative estimate of drug-likeness (QED) is 0.709. The van der Waals surface area contributed by atoms with Crippen LogP contribution in [-0.4, -0.2) is 49.0 Å². The molecule has 0 radical (unpaired) electrons. The monoisotopic (exact) mass is 356 g/mol. The topological polar surface area (TPSA) is 68.2 Å². The van der Waals surface area contributed by atoms with E-state index in [0.29, 0.717) is 19.7 Å². The molecule has 0 spiro atoms. The van der Waals surface area contributed by atoms with Crippen LogP contribution in [0, 0.1) is 0 Å². The van der Waals surface area contributed by atoms with Crippen molar-refractivity contribution in [2.75, 3.05) is 33.4 Å². The largest absolute Gasteiger partial charge is 0.434 e. The summed E-state index contributed by atoms with van der Waals surface area (Å²) in [7, 11) is 1.56. The second-order valence-electron chi connectivity index (χ2n) is 5.15. The molecule has 0 aliphatic heterocycles. The highest BCUT2D eigenvalue weighted by atomic mass is 19.4. The molecule has 0 aliphatic carbocycles. The number of hydrogen-bond donors (Lipinski definition) is 2. The number of amides is 1. The van der Waals surface area contributed by atoms with Gasteiger partial charge in [-0.3, -0.25) is 4.79 Å². The maximum atomic E-state index is 13.4. The lowest BCUT2D eigenvalue weighted by molar-refractivity contribution is -0.143. The summed E-state index contributed by atoms with van der Waals surface area (Å²) >= 11 is 0. The number of methoxy groups -OCH3 is 1. The number of para-hydroxylation sites is 1. The molecule has 0 atom stereocenters. The first-order chi connectivity index (χ1) is 11.9. The lowest BCUT2D eigenvalue weighted by Crippen LogP contribution is -2.34. The molecular weight excluding hydrogens is 337 g/mol. The van der Waals surface area contributed by atoms with E-state index in [0.717, 1.165) is 10.9 Å². The third-order valence-corrected chi connectivity index (χ3v) is 3.35. The number of carbonyl (C=O) groups excluding carboxylic acids is 1. The molecule has 9 heteroatoms. The van der Waals surface area contributed by atoms with E-state index in [4.69, 9.17) is 4.74 Å². The van der Waals surface area contributed by atoms with Gasteiger partial charge in [0.25, 0.3) is 5.91 Å². The van der Waals surface area contributed by atoms with Gasteiger partial charge in [-0.25, -0.2) is 4.68 Å². The van der Waals surface area contributed by atoms with Gasteiger partial charge in [-0.15, -0.1) is 0 Å².